The maximum Gasteiger partial charge on any atom is 0.336 e. The van der Waals surface area contributed by atoms with Crippen LogP contribution in [0.1, 0.15) is 15.9 Å². The molecule has 0 atom stereocenters. The minimum atomic E-state index is -0.289. The molecule has 1 aromatic carbocycles. The highest BCUT2D eigenvalue weighted by Gasteiger charge is 2.12. The molecule has 1 aromatic heterocycles. The van der Waals surface area contributed by atoms with Crippen molar-refractivity contribution < 1.29 is 9.53 Å². The van der Waals surface area contributed by atoms with Gasteiger partial charge >= 0.3 is 6.01 Å². The summed E-state index contributed by atoms with van der Waals surface area (Å²) >= 11 is 5.83. The Morgan fingerprint density at radius 1 is 1.50 bits per heavy atom. The van der Waals surface area contributed by atoms with Gasteiger partial charge in [-0.2, -0.15) is 4.98 Å². The molecule has 0 saturated heterocycles. The van der Waals surface area contributed by atoms with E-state index in [1.165, 1.54) is 7.11 Å². The Hall–Kier alpha value is -2.08. The van der Waals surface area contributed by atoms with Gasteiger partial charge in [0.15, 0.2) is 0 Å². The number of benzene rings is 1. The fourth-order valence-electron chi connectivity index (χ4n) is 1.45. The minimum absolute atomic E-state index is 0.165. The van der Waals surface area contributed by atoms with Crippen molar-refractivity contribution in [1.82, 2.24) is 15.2 Å². The molecule has 0 aliphatic rings. The fourth-order valence-corrected chi connectivity index (χ4v) is 1.68. The van der Waals surface area contributed by atoms with Crippen LogP contribution in [-0.2, 0) is 0 Å². The first kappa shape index (κ1) is 12.4. The van der Waals surface area contributed by atoms with Gasteiger partial charge in [0, 0.05) is 10.6 Å². The predicted molar refractivity (Wildman–Crippen MR) is 67.1 cm³/mol. The zero-order valence-electron chi connectivity index (χ0n) is 9.82. The van der Waals surface area contributed by atoms with E-state index in [-0.39, 0.29) is 17.9 Å². The Kier molecular flexibility index (Phi) is 3.47. The molecular formula is C11H11ClN4O2. The Bertz CT molecular complexity index is 582. The van der Waals surface area contributed by atoms with Gasteiger partial charge in [0.25, 0.3) is 5.91 Å². The first-order valence-electron chi connectivity index (χ1n) is 5.14. The van der Waals surface area contributed by atoms with Crippen LogP contribution in [0.5, 0.6) is 6.01 Å². The highest BCUT2D eigenvalue weighted by Crippen LogP contribution is 2.16. The number of H-pyrrole nitrogens is 1. The van der Waals surface area contributed by atoms with Crippen molar-refractivity contribution in [1.29, 1.82) is 0 Å². The fraction of sp³-hybridized carbons (Fsp3) is 0.182. The third-order valence-electron chi connectivity index (χ3n) is 2.31. The number of carbonyl (C=O) groups is 1. The van der Waals surface area contributed by atoms with Crippen molar-refractivity contribution >= 4 is 23.5 Å². The van der Waals surface area contributed by atoms with E-state index in [0.717, 1.165) is 5.56 Å². The summed E-state index contributed by atoms with van der Waals surface area (Å²) < 4.78 is 4.80. The van der Waals surface area contributed by atoms with Crippen LogP contribution in [-0.4, -0.2) is 28.2 Å². The molecule has 0 aliphatic heterocycles. The SMILES string of the molecule is COc1n[nH]c(NC(=O)c2ccc(Cl)cc2C)n1. The average molecular weight is 267 g/mol. The summed E-state index contributed by atoms with van der Waals surface area (Å²) in [6.07, 6.45) is 0. The number of aryl methyl sites for hydroxylation is 1. The molecule has 2 N–H and O–H groups in total. The summed E-state index contributed by atoms with van der Waals surface area (Å²) in [4.78, 5) is 15.9. The molecule has 0 radical (unpaired) electrons. The maximum absolute atomic E-state index is 12.0. The number of aromatic amines is 1. The number of methoxy groups -OCH3 is 1. The topological polar surface area (TPSA) is 79.9 Å². The number of ether oxygens (including phenoxy) is 1. The van der Waals surface area contributed by atoms with Crippen LogP contribution in [0.2, 0.25) is 5.02 Å². The third kappa shape index (κ3) is 2.60. The second kappa shape index (κ2) is 5.05. The van der Waals surface area contributed by atoms with Crippen molar-refractivity contribution in [3.05, 3.63) is 34.3 Å². The Morgan fingerprint density at radius 2 is 2.28 bits per heavy atom. The number of nitrogens with zero attached hydrogens (tertiary/aromatic N) is 2. The van der Waals surface area contributed by atoms with Crippen molar-refractivity contribution in [3.8, 4) is 6.01 Å². The van der Waals surface area contributed by atoms with Crippen LogP contribution in [0, 0.1) is 6.92 Å². The number of nitrogens with one attached hydrogen (secondary N) is 2. The standard InChI is InChI=1S/C11H11ClN4O2/c1-6-5-7(12)3-4-8(6)9(17)13-10-14-11(18-2)16-15-10/h3-5H,1-2H3,(H2,13,14,15,16,17). The zero-order chi connectivity index (χ0) is 13.1. The minimum Gasteiger partial charge on any atom is -0.466 e. The van der Waals surface area contributed by atoms with Crippen LogP contribution < -0.4 is 10.1 Å². The van der Waals surface area contributed by atoms with E-state index in [1.54, 1.807) is 18.2 Å². The summed E-state index contributed by atoms with van der Waals surface area (Å²) in [5.74, 6) is -0.0610. The van der Waals surface area contributed by atoms with E-state index in [9.17, 15) is 4.79 Å². The average Bonchev–Trinajstić information content (AvgIpc) is 2.76. The number of amides is 1. The van der Waals surface area contributed by atoms with E-state index in [0.29, 0.717) is 10.6 Å². The molecule has 94 valence electrons. The van der Waals surface area contributed by atoms with Crippen LogP contribution in [0.25, 0.3) is 0 Å². The number of rotatable bonds is 3. The van der Waals surface area contributed by atoms with Gasteiger partial charge in [-0.1, -0.05) is 11.6 Å². The Morgan fingerprint density at radius 3 is 2.89 bits per heavy atom. The lowest BCUT2D eigenvalue weighted by molar-refractivity contribution is 0.102. The van der Waals surface area contributed by atoms with E-state index in [2.05, 4.69) is 20.5 Å². The van der Waals surface area contributed by atoms with Crippen molar-refractivity contribution in [3.63, 3.8) is 0 Å². The largest absolute Gasteiger partial charge is 0.466 e. The number of carbonyl (C=O) groups excluding carboxylic acids is 1. The highest BCUT2D eigenvalue weighted by atomic mass is 35.5. The first-order valence-corrected chi connectivity index (χ1v) is 5.52. The highest BCUT2D eigenvalue weighted by molar-refractivity contribution is 6.30. The van der Waals surface area contributed by atoms with Crippen LogP contribution in [0.3, 0.4) is 0 Å². The van der Waals surface area contributed by atoms with Gasteiger partial charge in [0.2, 0.25) is 5.95 Å². The van der Waals surface area contributed by atoms with E-state index in [4.69, 9.17) is 16.3 Å². The van der Waals surface area contributed by atoms with Gasteiger partial charge in [0.05, 0.1) is 7.11 Å². The number of hydrogen-bond donors (Lipinski definition) is 2. The number of aromatic nitrogens is 3. The maximum atomic E-state index is 12.0. The summed E-state index contributed by atoms with van der Waals surface area (Å²) in [5.41, 5.74) is 1.31. The van der Waals surface area contributed by atoms with Crippen molar-refractivity contribution in [2.24, 2.45) is 0 Å². The molecule has 2 rings (SSSR count). The van der Waals surface area contributed by atoms with Gasteiger partial charge in [-0.15, -0.1) is 5.10 Å². The molecule has 0 saturated carbocycles. The lowest BCUT2D eigenvalue weighted by atomic mass is 10.1. The summed E-state index contributed by atoms with van der Waals surface area (Å²) in [5, 5.41) is 9.44. The second-order valence-corrected chi connectivity index (χ2v) is 4.02. The number of hydrogen-bond acceptors (Lipinski definition) is 4. The Balaban J connectivity index is 2.16. The molecule has 1 heterocycles. The molecule has 0 unspecified atom stereocenters. The van der Waals surface area contributed by atoms with Gasteiger partial charge in [-0.25, -0.2) is 5.10 Å². The van der Waals surface area contributed by atoms with Crippen LogP contribution >= 0.6 is 11.6 Å². The van der Waals surface area contributed by atoms with Crippen molar-refractivity contribution in [2.45, 2.75) is 6.92 Å². The Labute approximate surface area is 108 Å². The summed E-state index contributed by atoms with van der Waals surface area (Å²) in [7, 11) is 1.44. The zero-order valence-corrected chi connectivity index (χ0v) is 10.6. The molecule has 18 heavy (non-hydrogen) atoms. The van der Waals surface area contributed by atoms with Gasteiger partial charge in [-0.05, 0) is 30.7 Å². The van der Waals surface area contributed by atoms with Gasteiger partial charge < -0.3 is 4.74 Å². The number of halogens is 1. The molecule has 0 aliphatic carbocycles. The van der Waals surface area contributed by atoms with Gasteiger partial charge in [-0.3, -0.25) is 10.1 Å². The molecular weight excluding hydrogens is 256 g/mol. The lowest BCUT2D eigenvalue weighted by Crippen LogP contribution is -2.14. The van der Waals surface area contributed by atoms with Gasteiger partial charge in [0.1, 0.15) is 0 Å². The lowest BCUT2D eigenvalue weighted by Gasteiger charge is -2.05. The molecule has 6 nitrogen and oxygen atoms in total. The van der Waals surface area contributed by atoms with E-state index in [1.807, 2.05) is 6.92 Å². The normalized spacial score (nSPS) is 10.2. The predicted octanol–water partition coefficient (Wildman–Crippen LogP) is 2.03. The molecule has 0 fully saturated rings. The molecule has 2 aromatic rings. The molecule has 0 spiro atoms. The molecule has 0 bridgehead atoms. The smallest absolute Gasteiger partial charge is 0.336 e. The molecule has 1 amide bonds. The van der Waals surface area contributed by atoms with Crippen LogP contribution in [0.4, 0.5) is 5.95 Å². The summed E-state index contributed by atoms with van der Waals surface area (Å²) in [6.45, 7) is 1.81. The first-order chi connectivity index (χ1) is 8.60. The number of anilines is 1. The summed E-state index contributed by atoms with van der Waals surface area (Å²) in [6, 6.07) is 5.20. The molecule has 7 heteroatoms. The monoisotopic (exact) mass is 266 g/mol. The van der Waals surface area contributed by atoms with Crippen molar-refractivity contribution in [2.75, 3.05) is 12.4 Å². The van der Waals surface area contributed by atoms with Crippen LogP contribution in [0.15, 0.2) is 18.2 Å². The van der Waals surface area contributed by atoms with E-state index < -0.39 is 0 Å². The second-order valence-electron chi connectivity index (χ2n) is 3.58. The van der Waals surface area contributed by atoms with E-state index >= 15 is 0 Å². The quantitative estimate of drug-likeness (QED) is 0.891. The third-order valence-corrected chi connectivity index (χ3v) is 2.55.